The minimum Gasteiger partial charge on any atom is -0.314 e. The topological polar surface area (TPSA) is 15.3 Å². The molecule has 0 bridgehead atoms. The van der Waals surface area contributed by atoms with Gasteiger partial charge in [0.25, 0.3) is 0 Å². The summed E-state index contributed by atoms with van der Waals surface area (Å²) >= 11 is 18.7. The van der Waals surface area contributed by atoms with Crippen LogP contribution in [0.2, 0.25) is 15.1 Å². The first-order valence-electron chi connectivity index (χ1n) is 6.72. The summed E-state index contributed by atoms with van der Waals surface area (Å²) in [5, 5.41) is 5.09. The van der Waals surface area contributed by atoms with Crippen molar-refractivity contribution in [1.82, 2.24) is 10.2 Å². The van der Waals surface area contributed by atoms with E-state index in [0.29, 0.717) is 15.1 Å². The fraction of sp³-hybridized carbons (Fsp3) is 0.467. The maximum absolute atomic E-state index is 6.40. The molecule has 0 unspecified atom stereocenters. The van der Waals surface area contributed by atoms with Crippen LogP contribution in [0.25, 0.3) is 0 Å². The van der Waals surface area contributed by atoms with Crippen molar-refractivity contribution in [1.29, 1.82) is 0 Å². The van der Waals surface area contributed by atoms with E-state index in [0.717, 1.165) is 43.7 Å². The number of halogens is 5. The van der Waals surface area contributed by atoms with Crippen molar-refractivity contribution in [2.45, 2.75) is 19.4 Å². The molecule has 1 aliphatic heterocycles. The van der Waals surface area contributed by atoms with Gasteiger partial charge >= 0.3 is 0 Å². The first kappa shape index (κ1) is 22.3. The van der Waals surface area contributed by atoms with Crippen LogP contribution in [0, 0.1) is 0 Å². The number of benzene rings is 1. The zero-order chi connectivity index (χ0) is 14.7. The van der Waals surface area contributed by atoms with Gasteiger partial charge in [0.2, 0.25) is 0 Å². The molecule has 0 spiro atoms. The second kappa shape index (κ2) is 10.2. The quantitative estimate of drug-likeness (QED) is 0.532. The third-order valence-electron chi connectivity index (χ3n) is 3.51. The van der Waals surface area contributed by atoms with Crippen LogP contribution in [-0.2, 0) is 0 Å². The Labute approximate surface area is 160 Å². The lowest BCUT2D eigenvalue weighted by Gasteiger charge is -2.36. The second-order valence-corrected chi connectivity index (χ2v) is 6.48. The van der Waals surface area contributed by atoms with Gasteiger partial charge in [0.15, 0.2) is 0 Å². The lowest BCUT2D eigenvalue weighted by atomic mass is 9.98. The van der Waals surface area contributed by atoms with Crippen molar-refractivity contribution in [3.8, 4) is 0 Å². The Morgan fingerprint density at radius 2 is 1.82 bits per heavy atom. The molecule has 2 nitrogen and oxygen atoms in total. The first-order valence-corrected chi connectivity index (χ1v) is 7.86. The summed E-state index contributed by atoms with van der Waals surface area (Å²) < 4.78 is 0. The Morgan fingerprint density at radius 1 is 1.23 bits per heavy atom. The fourth-order valence-electron chi connectivity index (χ4n) is 2.58. The van der Waals surface area contributed by atoms with Crippen LogP contribution in [-0.4, -0.2) is 31.1 Å². The Hall–Kier alpha value is 0.330. The number of rotatable bonds is 4. The molecule has 0 aliphatic carbocycles. The highest BCUT2D eigenvalue weighted by Gasteiger charge is 2.25. The van der Waals surface area contributed by atoms with E-state index >= 15 is 0 Å². The molecule has 0 amide bonds. The summed E-state index contributed by atoms with van der Waals surface area (Å²) in [6, 6.07) is 3.79. The molecule has 7 heteroatoms. The molecule has 22 heavy (non-hydrogen) atoms. The van der Waals surface area contributed by atoms with Crippen molar-refractivity contribution < 1.29 is 0 Å². The highest BCUT2D eigenvalue weighted by atomic mass is 35.5. The molecule has 1 aromatic rings. The van der Waals surface area contributed by atoms with Gasteiger partial charge in [-0.25, -0.2) is 0 Å². The summed E-state index contributed by atoms with van der Waals surface area (Å²) in [6.45, 7) is 10.0. The van der Waals surface area contributed by atoms with Crippen LogP contribution in [0.5, 0.6) is 0 Å². The van der Waals surface area contributed by atoms with Crippen LogP contribution in [0.4, 0.5) is 0 Å². The second-order valence-electron chi connectivity index (χ2n) is 5.25. The lowest BCUT2D eigenvalue weighted by molar-refractivity contribution is 0.172. The summed E-state index contributed by atoms with van der Waals surface area (Å²) in [7, 11) is 0. The minimum atomic E-state index is 0. The maximum Gasteiger partial charge on any atom is 0.0641 e. The smallest absolute Gasteiger partial charge is 0.0641 e. The van der Waals surface area contributed by atoms with E-state index in [2.05, 4.69) is 16.8 Å². The van der Waals surface area contributed by atoms with Gasteiger partial charge in [0, 0.05) is 37.2 Å². The Balaban J connectivity index is 0.00000220. The maximum atomic E-state index is 6.40. The van der Waals surface area contributed by atoms with Gasteiger partial charge in [-0.2, -0.15) is 0 Å². The number of hydrogen-bond acceptors (Lipinski definition) is 2. The minimum absolute atomic E-state index is 0. The molecule has 0 saturated carbocycles. The summed E-state index contributed by atoms with van der Waals surface area (Å²) in [6.07, 6.45) is 0.858. The number of nitrogens with one attached hydrogen (secondary N) is 1. The van der Waals surface area contributed by atoms with Crippen molar-refractivity contribution >= 4 is 59.6 Å². The van der Waals surface area contributed by atoms with E-state index < -0.39 is 0 Å². The standard InChI is InChI=1S/C15H19Cl3N2.2ClH/c1-10(2)7-14(20-5-3-19-4-6-20)12-8-11(16)9-13(17)15(12)18;;/h8-9,14,19H,1,3-7H2,2H3;2*1H/t14-;;/m0../s1. The zero-order valence-corrected chi connectivity index (χ0v) is 16.3. The van der Waals surface area contributed by atoms with E-state index in [4.69, 9.17) is 34.8 Å². The van der Waals surface area contributed by atoms with Gasteiger partial charge in [0.1, 0.15) is 0 Å². The fourth-order valence-corrected chi connectivity index (χ4v) is 3.32. The van der Waals surface area contributed by atoms with Crippen LogP contribution < -0.4 is 5.32 Å². The predicted molar refractivity (Wildman–Crippen MR) is 103 cm³/mol. The average Bonchev–Trinajstić information content (AvgIpc) is 2.41. The highest BCUT2D eigenvalue weighted by Crippen LogP contribution is 2.38. The van der Waals surface area contributed by atoms with E-state index in [1.807, 2.05) is 13.0 Å². The molecule has 0 radical (unpaired) electrons. The Morgan fingerprint density at radius 3 is 2.36 bits per heavy atom. The molecular weight excluding hydrogens is 385 g/mol. The van der Waals surface area contributed by atoms with Crippen LogP contribution in [0.15, 0.2) is 24.3 Å². The summed E-state index contributed by atoms with van der Waals surface area (Å²) in [5.74, 6) is 0. The third-order valence-corrected chi connectivity index (χ3v) is 4.55. The van der Waals surface area contributed by atoms with Gasteiger partial charge in [0.05, 0.1) is 10.0 Å². The zero-order valence-electron chi connectivity index (χ0n) is 12.4. The van der Waals surface area contributed by atoms with Gasteiger partial charge < -0.3 is 5.32 Å². The Bertz CT molecular complexity index is 501. The largest absolute Gasteiger partial charge is 0.314 e. The van der Waals surface area contributed by atoms with Gasteiger partial charge in [-0.05, 0) is 31.0 Å². The first-order chi connectivity index (χ1) is 9.49. The third kappa shape index (κ3) is 5.76. The molecule has 0 aromatic heterocycles. The van der Waals surface area contributed by atoms with E-state index in [9.17, 15) is 0 Å². The predicted octanol–water partition coefficient (Wildman–Crippen LogP) is 5.40. The van der Waals surface area contributed by atoms with Crippen LogP contribution >= 0.6 is 59.6 Å². The highest BCUT2D eigenvalue weighted by molar-refractivity contribution is 6.43. The van der Waals surface area contributed by atoms with Gasteiger partial charge in [-0.1, -0.05) is 40.4 Å². The molecule has 126 valence electrons. The van der Waals surface area contributed by atoms with E-state index in [-0.39, 0.29) is 30.9 Å². The number of piperazine rings is 1. The summed E-state index contributed by atoms with van der Waals surface area (Å²) in [4.78, 5) is 2.42. The summed E-state index contributed by atoms with van der Waals surface area (Å²) in [5.41, 5.74) is 2.12. The Kier molecular flexibility index (Phi) is 10.4. The molecule has 1 N–H and O–H groups in total. The van der Waals surface area contributed by atoms with Crippen molar-refractivity contribution in [3.63, 3.8) is 0 Å². The molecule has 1 aliphatic rings. The normalized spacial score (nSPS) is 16.4. The van der Waals surface area contributed by atoms with E-state index in [1.54, 1.807) is 6.07 Å². The molecule has 1 saturated heterocycles. The van der Waals surface area contributed by atoms with E-state index in [1.165, 1.54) is 0 Å². The van der Waals surface area contributed by atoms with Crippen LogP contribution in [0.1, 0.15) is 24.9 Å². The monoisotopic (exact) mass is 404 g/mol. The molecular formula is C15H21Cl5N2. The molecule has 2 rings (SSSR count). The van der Waals surface area contributed by atoms with Crippen LogP contribution in [0.3, 0.4) is 0 Å². The number of hydrogen-bond donors (Lipinski definition) is 1. The SMILES string of the molecule is C=C(C)C[C@@H](c1cc(Cl)cc(Cl)c1Cl)N1CCNCC1.Cl.Cl. The molecule has 1 atom stereocenters. The molecule has 1 fully saturated rings. The van der Waals surface area contributed by atoms with Crippen molar-refractivity contribution in [2.24, 2.45) is 0 Å². The lowest BCUT2D eigenvalue weighted by Crippen LogP contribution is -2.45. The van der Waals surface area contributed by atoms with Gasteiger partial charge in [-0.15, -0.1) is 31.4 Å². The number of nitrogens with zero attached hydrogens (tertiary/aromatic N) is 1. The average molecular weight is 407 g/mol. The molecule has 1 aromatic carbocycles. The van der Waals surface area contributed by atoms with Gasteiger partial charge in [-0.3, -0.25) is 4.90 Å². The van der Waals surface area contributed by atoms with Crippen molar-refractivity contribution in [2.75, 3.05) is 26.2 Å². The van der Waals surface area contributed by atoms with Crippen molar-refractivity contribution in [3.05, 3.63) is 44.9 Å². The molecule has 1 heterocycles.